The fourth-order valence-corrected chi connectivity index (χ4v) is 1.78. The van der Waals surface area contributed by atoms with Gasteiger partial charge in [0.05, 0.1) is 0 Å². The molecule has 2 aliphatic heterocycles. The Kier molecular flexibility index (Phi) is 5.25. The maximum atomic E-state index is 10.4. The minimum atomic E-state index is -0.533. The summed E-state index contributed by atoms with van der Waals surface area (Å²) < 4.78 is 18.9. The highest BCUT2D eigenvalue weighted by Crippen LogP contribution is 2.17. The van der Waals surface area contributed by atoms with Crippen molar-refractivity contribution in [2.45, 2.75) is 65.0 Å². The van der Waals surface area contributed by atoms with Gasteiger partial charge in [0.1, 0.15) is 24.4 Å². The van der Waals surface area contributed by atoms with Crippen LogP contribution >= 0.6 is 0 Å². The van der Waals surface area contributed by atoms with Gasteiger partial charge in [0.15, 0.2) is 0 Å². The van der Waals surface area contributed by atoms with Gasteiger partial charge in [-0.1, -0.05) is 13.8 Å². The molecule has 0 spiro atoms. The summed E-state index contributed by atoms with van der Waals surface area (Å²) in [6.45, 7) is 7.59. The monoisotopic (exact) mass is 260 g/mol. The summed E-state index contributed by atoms with van der Waals surface area (Å²) in [5.41, 5.74) is 0. The van der Waals surface area contributed by atoms with Crippen LogP contribution in [-0.4, -0.2) is 36.7 Å². The molecule has 2 aliphatic rings. The molecule has 0 radical (unpaired) electrons. The lowest BCUT2D eigenvalue weighted by Crippen LogP contribution is -2.17. The van der Waals surface area contributed by atoms with Gasteiger partial charge in [-0.25, -0.2) is 9.59 Å². The van der Waals surface area contributed by atoms with E-state index in [0.29, 0.717) is 0 Å². The predicted octanol–water partition coefficient (Wildman–Crippen LogP) is 2.64. The first kappa shape index (κ1) is 14.6. The summed E-state index contributed by atoms with van der Waals surface area (Å²) >= 11 is 0. The summed E-state index contributed by atoms with van der Waals surface area (Å²) in [4.78, 5) is 20.8. The fourth-order valence-electron chi connectivity index (χ4n) is 1.78. The van der Waals surface area contributed by atoms with E-state index in [-0.39, 0.29) is 24.4 Å². The van der Waals surface area contributed by atoms with Crippen LogP contribution in [0.25, 0.3) is 0 Å². The van der Waals surface area contributed by atoms with Crippen molar-refractivity contribution in [1.29, 1.82) is 0 Å². The molecule has 2 rings (SSSR count). The van der Waals surface area contributed by atoms with E-state index >= 15 is 0 Å². The Morgan fingerprint density at radius 1 is 0.778 bits per heavy atom. The number of carbonyl (C=O) groups is 2. The van der Waals surface area contributed by atoms with E-state index in [1.165, 1.54) is 0 Å². The van der Waals surface area contributed by atoms with Crippen LogP contribution in [-0.2, 0) is 18.9 Å². The summed E-state index contributed by atoms with van der Waals surface area (Å²) in [5, 5.41) is 0. The SMILES string of the molecule is CC[C@@H]1OC(=O)O[C@H]1C.CC[C@@H]1OC(=O)O[C@H]1C. The Labute approximate surface area is 107 Å². The third-order valence-electron chi connectivity index (χ3n) is 2.91. The second kappa shape index (κ2) is 6.47. The lowest BCUT2D eigenvalue weighted by atomic mass is 10.2. The van der Waals surface area contributed by atoms with Crippen molar-refractivity contribution in [2.75, 3.05) is 0 Å². The maximum absolute atomic E-state index is 10.4. The first-order valence-electron chi connectivity index (χ1n) is 6.22. The zero-order valence-corrected chi connectivity index (χ0v) is 11.2. The Morgan fingerprint density at radius 3 is 1.22 bits per heavy atom. The van der Waals surface area contributed by atoms with E-state index in [1.54, 1.807) is 0 Å². The highest BCUT2D eigenvalue weighted by Gasteiger charge is 2.31. The number of rotatable bonds is 2. The molecular weight excluding hydrogens is 240 g/mol. The van der Waals surface area contributed by atoms with E-state index in [4.69, 9.17) is 18.9 Å². The van der Waals surface area contributed by atoms with Gasteiger partial charge in [-0.05, 0) is 26.7 Å². The van der Waals surface area contributed by atoms with E-state index < -0.39 is 12.3 Å². The Bertz CT molecular complexity index is 273. The van der Waals surface area contributed by atoms with Crippen LogP contribution in [0.1, 0.15) is 40.5 Å². The quantitative estimate of drug-likeness (QED) is 0.711. The second-order valence-corrected chi connectivity index (χ2v) is 4.28. The smallest absolute Gasteiger partial charge is 0.427 e. The predicted molar refractivity (Wildman–Crippen MR) is 62.2 cm³/mol. The van der Waals surface area contributed by atoms with E-state index in [9.17, 15) is 9.59 Å². The molecule has 2 fully saturated rings. The van der Waals surface area contributed by atoms with Crippen molar-refractivity contribution in [3.63, 3.8) is 0 Å². The summed E-state index contributed by atoms with van der Waals surface area (Å²) in [7, 11) is 0. The molecule has 0 aromatic rings. The first-order valence-corrected chi connectivity index (χ1v) is 6.22. The zero-order chi connectivity index (χ0) is 13.7. The van der Waals surface area contributed by atoms with Crippen LogP contribution in [0.5, 0.6) is 0 Å². The fraction of sp³-hybridized carbons (Fsp3) is 0.833. The molecule has 0 N–H and O–H groups in total. The minimum Gasteiger partial charge on any atom is -0.427 e. The Hall–Kier alpha value is -1.46. The van der Waals surface area contributed by atoms with Gasteiger partial charge >= 0.3 is 12.3 Å². The lowest BCUT2D eigenvalue weighted by molar-refractivity contribution is 0.115. The molecular formula is C12H20O6. The van der Waals surface area contributed by atoms with E-state index in [0.717, 1.165) is 12.8 Å². The Balaban J connectivity index is 0.000000180. The molecule has 0 aliphatic carbocycles. The van der Waals surface area contributed by atoms with Gasteiger partial charge in [-0.2, -0.15) is 0 Å². The van der Waals surface area contributed by atoms with Gasteiger partial charge in [0.25, 0.3) is 0 Å². The molecule has 4 atom stereocenters. The van der Waals surface area contributed by atoms with Gasteiger partial charge in [-0.15, -0.1) is 0 Å². The van der Waals surface area contributed by atoms with Crippen molar-refractivity contribution >= 4 is 12.3 Å². The van der Waals surface area contributed by atoms with Crippen LogP contribution in [0, 0.1) is 0 Å². The molecule has 2 saturated heterocycles. The number of ether oxygens (including phenoxy) is 4. The van der Waals surface area contributed by atoms with Crippen LogP contribution in [0.4, 0.5) is 9.59 Å². The normalized spacial score (nSPS) is 33.8. The number of cyclic esters (lactones) is 4. The number of hydrogen-bond acceptors (Lipinski definition) is 6. The molecule has 0 aromatic heterocycles. The molecule has 0 aromatic carbocycles. The van der Waals surface area contributed by atoms with Gasteiger partial charge in [-0.3, -0.25) is 0 Å². The molecule has 18 heavy (non-hydrogen) atoms. The van der Waals surface area contributed by atoms with Crippen molar-refractivity contribution in [3.8, 4) is 0 Å². The molecule has 6 nitrogen and oxygen atoms in total. The third kappa shape index (κ3) is 3.78. The molecule has 0 unspecified atom stereocenters. The van der Waals surface area contributed by atoms with Crippen LogP contribution in [0.2, 0.25) is 0 Å². The standard InChI is InChI=1S/2C6H10O3/c2*1-3-5-4(2)8-6(7)9-5/h2*4-5H,3H2,1-2H3/t2*4-,5-/m00/s1. The van der Waals surface area contributed by atoms with Gasteiger partial charge < -0.3 is 18.9 Å². The van der Waals surface area contributed by atoms with Gasteiger partial charge in [0.2, 0.25) is 0 Å². The maximum Gasteiger partial charge on any atom is 0.509 e. The highest BCUT2D eigenvalue weighted by molar-refractivity contribution is 5.62. The number of carbonyl (C=O) groups excluding carboxylic acids is 2. The number of hydrogen-bond donors (Lipinski definition) is 0. The summed E-state index contributed by atoms with van der Waals surface area (Å²) in [5.74, 6) is 0. The van der Waals surface area contributed by atoms with Crippen molar-refractivity contribution < 1.29 is 28.5 Å². The van der Waals surface area contributed by atoms with Crippen molar-refractivity contribution in [3.05, 3.63) is 0 Å². The second-order valence-electron chi connectivity index (χ2n) is 4.28. The minimum absolute atomic E-state index is 0.0301. The first-order chi connectivity index (χ1) is 8.47. The Morgan fingerprint density at radius 2 is 1.11 bits per heavy atom. The topological polar surface area (TPSA) is 71.1 Å². The zero-order valence-electron chi connectivity index (χ0n) is 11.2. The van der Waals surface area contributed by atoms with Crippen LogP contribution in [0.15, 0.2) is 0 Å². The molecule has 2 heterocycles. The van der Waals surface area contributed by atoms with Crippen LogP contribution in [0.3, 0.4) is 0 Å². The largest absolute Gasteiger partial charge is 0.509 e. The summed E-state index contributed by atoms with van der Waals surface area (Å²) in [6.07, 6.45) is 0.392. The molecule has 6 heteroatoms. The molecule has 0 saturated carbocycles. The van der Waals surface area contributed by atoms with Crippen LogP contribution < -0.4 is 0 Å². The third-order valence-corrected chi connectivity index (χ3v) is 2.91. The molecule has 0 bridgehead atoms. The average Bonchev–Trinajstić information content (AvgIpc) is 2.81. The molecule has 104 valence electrons. The highest BCUT2D eigenvalue weighted by atomic mass is 16.8. The van der Waals surface area contributed by atoms with E-state index in [2.05, 4.69) is 0 Å². The summed E-state index contributed by atoms with van der Waals surface area (Å²) in [6, 6.07) is 0. The van der Waals surface area contributed by atoms with Crippen molar-refractivity contribution in [1.82, 2.24) is 0 Å². The lowest BCUT2D eigenvalue weighted by Gasteiger charge is -2.05. The van der Waals surface area contributed by atoms with Gasteiger partial charge in [0, 0.05) is 0 Å². The molecule has 0 amide bonds. The van der Waals surface area contributed by atoms with Crippen molar-refractivity contribution in [2.24, 2.45) is 0 Å². The van der Waals surface area contributed by atoms with E-state index in [1.807, 2.05) is 27.7 Å². The average molecular weight is 260 g/mol.